The van der Waals surface area contributed by atoms with Crippen molar-refractivity contribution in [1.29, 1.82) is 0 Å². The van der Waals surface area contributed by atoms with Gasteiger partial charge in [0.1, 0.15) is 5.82 Å². The van der Waals surface area contributed by atoms with E-state index < -0.39 is 0 Å². The zero-order chi connectivity index (χ0) is 12.3. The summed E-state index contributed by atoms with van der Waals surface area (Å²) in [7, 11) is 0. The Morgan fingerprint density at radius 1 is 1.41 bits per heavy atom. The average molecular weight is 298 g/mol. The largest absolute Gasteiger partial charge is 0.472 e. The predicted molar refractivity (Wildman–Crippen MR) is 68.1 cm³/mol. The highest BCUT2D eigenvalue weighted by Crippen LogP contribution is 2.21. The monoisotopic (exact) mass is 297 g/mol. The summed E-state index contributed by atoms with van der Waals surface area (Å²) in [5, 5.41) is 3.34. The minimum absolute atomic E-state index is 0.154. The lowest BCUT2D eigenvalue weighted by Gasteiger charge is -2.14. The van der Waals surface area contributed by atoms with Crippen molar-refractivity contribution in [2.24, 2.45) is 0 Å². The molecule has 1 unspecified atom stereocenters. The molecule has 1 aromatic heterocycles. The van der Waals surface area contributed by atoms with Crippen LogP contribution in [0.5, 0.6) is 0 Å². The third kappa shape index (κ3) is 3.17. The van der Waals surface area contributed by atoms with Crippen LogP contribution in [0.4, 0.5) is 4.39 Å². The maximum absolute atomic E-state index is 13.1. The molecule has 4 heteroatoms. The molecular weight excluding hydrogens is 285 g/mol. The molecule has 2 aromatic rings. The Balaban J connectivity index is 1.99. The fourth-order valence-corrected chi connectivity index (χ4v) is 1.96. The normalized spacial score (nSPS) is 12.6. The van der Waals surface area contributed by atoms with E-state index in [-0.39, 0.29) is 11.9 Å². The summed E-state index contributed by atoms with van der Waals surface area (Å²) in [6, 6.07) is 7.12. The lowest BCUT2D eigenvalue weighted by molar-refractivity contribution is 0.545. The predicted octanol–water partition coefficient (Wildman–Crippen LogP) is 4.03. The fraction of sp³-hybridized carbons (Fsp3) is 0.231. The van der Waals surface area contributed by atoms with Gasteiger partial charge in [-0.15, -0.1) is 0 Å². The number of hydrogen-bond acceptors (Lipinski definition) is 2. The zero-order valence-corrected chi connectivity index (χ0v) is 11.0. The first-order valence-corrected chi connectivity index (χ1v) is 6.15. The molecule has 1 aromatic carbocycles. The van der Waals surface area contributed by atoms with Crippen molar-refractivity contribution in [3.8, 4) is 0 Å². The molecule has 2 rings (SSSR count). The summed E-state index contributed by atoms with van der Waals surface area (Å²) < 4.78 is 18.6. The molecule has 0 aliphatic carbocycles. The second-order valence-corrected chi connectivity index (χ2v) is 4.76. The van der Waals surface area contributed by atoms with E-state index in [2.05, 4.69) is 21.2 Å². The minimum atomic E-state index is -0.240. The second kappa shape index (κ2) is 5.47. The van der Waals surface area contributed by atoms with Gasteiger partial charge in [-0.25, -0.2) is 4.39 Å². The number of hydrogen-bond donors (Lipinski definition) is 1. The summed E-state index contributed by atoms with van der Waals surface area (Å²) in [6.07, 6.45) is 3.36. The molecule has 1 atom stereocenters. The second-order valence-electron chi connectivity index (χ2n) is 3.91. The van der Waals surface area contributed by atoms with Crippen LogP contribution >= 0.6 is 15.9 Å². The van der Waals surface area contributed by atoms with Crippen LogP contribution in [-0.4, -0.2) is 0 Å². The van der Waals surface area contributed by atoms with E-state index in [0.717, 1.165) is 17.7 Å². The lowest BCUT2D eigenvalue weighted by atomic mass is 10.1. The van der Waals surface area contributed by atoms with Crippen LogP contribution in [0.3, 0.4) is 0 Å². The van der Waals surface area contributed by atoms with Gasteiger partial charge in [0.05, 0.1) is 17.0 Å². The molecule has 17 heavy (non-hydrogen) atoms. The van der Waals surface area contributed by atoms with Crippen LogP contribution in [0.1, 0.15) is 24.1 Å². The SMILES string of the molecule is CC(NCc1ccoc1)c1ccc(F)c(Br)c1. The van der Waals surface area contributed by atoms with Crippen LogP contribution in [0.2, 0.25) is 0 Å². The Morgan fingerprint density at radius 3 is 2.88 bits per heavy atom. The van der Waals surface area contributed by atoms with E-state index in [0.29, 0.717) is 4.47 Å². The highest BCUT2D eigenvalue weighted by Gasteiger charge is 2.07. The molecule has 2 nitrogen and oxygen atoms in total. The van der Waals surface area contributed by atoms with E-state index >= 15 is 0 Å². The van der Waals surface area contributed by atoms with Gasteiger partial charge in [-0.2, -0.15) is 0 Å². The first-order chi connectivity index (χ1) is 8.16. The van der Waals surface area contributed by atoms with Gasteiger partial charge in [-0.05, 0) is 46.6 Å². The number of furan rings is 1. The van der Waals surface area contributed by atoms with E-state index in [4.69, 9.17) is 4.42 Å². The molecule has 0 amide bonds. The highest BCUT2D eigenvalue weighted by atomic mass is 79.9. The van der Waals surface area contributed by atoms with Crippen molar-refractivity contribution in [3.63, 3.8) is 0 Å². The van der Waals surface area contributed by atoms with Gasteiger partial charge in [-0.1, -0.05) is 6.07 Å². The Labute approximate surface area is 108 Å². The van der Waals surface area contributed by atoms with Crippen LogP contribution in [0.15, 0.2) is 45.7 Å². The highest BCUT2D eigenvalue weighted by molar-refractivity contribution is 9.10. The van der Waals surface area contributed by atoms with Gasteiger partial charge < -0.3 is 9.73 Å². The molecule has 90 valence electrons. The summed E-state index contributed by atoms with van der Waals surface area (Å²) in [5.41, 5.74) is 2.14. The van der Waals surface area contributed by atoms with E-state index in [1.807, 2.05) is 13.0 Å². The summed E-state index contributed by atoms with van der Waals surface area (Å²) in [5.74, 6) is -0.240. The lowest BCUT2D eigenvalue weighted by Crippen LogP contribution is -2.17. The first kappa shape index (κ1) is 12.3. The van der Waals surface area contributed by atoms with Crippen molar-refractivity contribution in [2.45, 2.75) is 19.5 Å². The summed E-state index contributed by atoms with van der Waals surface area (Å²) >= 11 is 3.19. The summed E-state index contributed by atoms with van der Waals surface area (Å²) in [6.45, 7) is 2.77. The van der Waals surface area contributed by atoms with E-state index in [9.17, 15) is 4.39 Å². The van der Waals surface area contributed by atoms with Gasteiger partial charge in [0.2, 0.25) is 0 Å². The molecule has 0 saturated heterocycles. The molecule has 0 aliphatic rings. The Hall–Kier alpha value is -1.13. The van der Waals surface area contributed by atoms with Crippen molar-refractivity contribution < 1.29 is 8.81 Å². The molecule has 1 N–H and O–H groups in total. The third-order valence-electron chi connectivity index (χ3n) is 2.64. The van der Waals surface area contributed by atoms with Crippen LogP contribution < -0.4 is 5.32 Å². The van der Waals surface area contributed by atoms with Gasteiger partial charge in [-0.3, -0.25) is 0 Å². The quantitative estimate of drug-likeness (QED) is 0.922. The van der Waals surface area contributed by atoms with Gasteiger partial charge in [0.15, 0.2) is 0 Å². The number of halogens is 2. The Kier molecular flexibility index (Phi) is 3.97. The standard InChI is InChI=1S/C13H13BrFNO/c1-9(16-7-10-4-5-17-8-10)11-2-3-13(15)12(14)6-11/h2-6,8-9,16H,7H2,1H3. The van der Waals surface area contributed by atoms with Crippen molar-refractivity contribution in [2.75, 3.05) is 0 Å². The van der Waals surface area contributed by atoms with E-state index in [1.54, 1.807) is 24.7 Å². The summed E-state index contributed by atoms with van der Waals surface area (Å²) in [4.78, 5) is 0. The Bertz CT molecular complexity index is 484. The van der Waals surface area contributed by atoms with Crippen LogP contribution in [-0.2, 0) is 6.54 Å². The Morgan fingerprint density at radius 2 is 2.24 bits per heavy atom. The number of nitrogens with one attached hydrogen (secondary N) is 1. The van der Waals surface area contributed by atoms with Crippen LogP contribution in [0.25, 0.3) is 0 Å². The molecule has 0 fully saturated rings. The maximum atomic E-state index is 13.1. The van der Waals surface area contributed by atoms with Crippen molar-refractivity contribution in [3.05, 3.63) is 58.2 Å². The molecule has 0 bridgehead atoms. The maximum Gasteiger partial charge on any atom is 0.137 e. The molecule has 0 saturated carbocycles. The van der Waals surface area contributed by atoms with Crippen LogP contribution in [0, 0.1) is 5.82 Å². The molecular formula is C13H13BrFNO. The zero-order valence-electron chi connectivity index (χ0n) is 9.41. The fourth-order valence-electron chi connectivity index (χ4n) is 1.56. The molecule has 0 spiro atoms. The third-order valence-corrected chi connectivity index (χ3v) is 3.24. The smallest absolute Gasteiger partial charge is 0.137 e. The average Bonchev–Trinajstić information content (AvgIpc) is 2.82. The molecule has 0 aliphatic heterocycles. The molecule has 0 radical (unpaired) electrons. The minimum Gasteiger partial charge on any atom is -0.472 e. The number of rotatable bonds is 4. The van der Waals surface area contributed by atoms with E-state index in [1.165, 1.54) is 6.07 Å². The first-order valence-electron chi connectivity index (χ1n) is 5.36. The van der Waals surface area contributed by atoms with Gasteiger partial charge in [0.25, 0.3) is 0 Å². The number of benzene rings is 1. The molecule has 1 heterocycles. The van der Waals surface area contributed by atoms with Crippen molar-refractivity contribution >= 4 is 15.9 Å². The van der Waals surface area contributed by atoms with Gasteiger partial charge in [0, 0.05) is 18.2 Å². The topological polar surface area (TPSA) is 25.2 Å². The van der Waals surface area contributed by atoms with Gasteiger partial charge >= 0.3 is 0 Å². The van der Waals surface area contributed by atoms with Crippen molar-refractivity contribution in [1.82, 2.24) is 5.32 Å².